The highest BCUT2D eigenvalue weighted by atomic mass is 35.5. The molecule has 21 heavy (non-hydrogen) atoms. The van der Waals surface area contributed by atoms with Gasteiger partial charge in [0.05, 0.1) is 16.3 Å². The summed E-state index contributed by atoms with van der Waals surface area (Å²) in [4.78, 5) is 26.3. The van der Waals surface area contributed by atoms with Gasteiger partial charge in [0, 0.05) is 18.5 Å². The largest absolute Gasteiger partial charge is 0.307 e. The predicted molar refractivity (Wildman–Crippen MR) is 83.3 cm³/mol. The molecule has 0 unspecified atom stereocenters. The second-order valence-corrected chi connectivity index (χ2v) is 5.54. The number of fused-ring (bicyclic) bond motifs is 1. The van der Waals surface area contributed by atoms with Crippen LogP contribution in [0, 0.1) is 6.92 Å². The number of Topliss-reactive ketones (excluding diaryl/α,β-unsaturated/α-hetero) is 1. The van der Waals surface area contributed by atoms with Crippen molar-refractivity contribution < 1.29 is 9.59 Å². The third kappa shape index (κ3) is 2.45. The van der Waals surface area contributed by atoms with Gasteiger partial charge in [0.1, 0.15) is 0 Å². The molecule has 0 N–H and O–H groups in total. The van der Waals surface area contributed by atoms with Crippen LogP contribution in [-0.2, 0) is 0 Å². The van der Waals surface area contributed by atoms with Crippen LogP contribution in [0.2, 0.25) is 5.02 Å². The van der Waals surface area contributed by atoms with Gasteiger partial charge >= 0.3 is 0 Å². The van der Waals surface area contributed by atoms with E-state index in [9.17, 15) is 9.59 Å². The zero-order chi connectivity index (χ0) is 15.0. The van der Waals surface area contributed by atoms with Gasteiger partial charge in [0.2, 0.25) is 0 Å². The number of hydrogen-bond donors (Lipinski definition) is 0. The van der Waals surface area contributed by atoms with Crippen LogP contribution < -0.4 is 4.90 Å². The fourth-order valence-electron chi connectivity index (χ4n) is 2.56. The summed E-state index contributed by atoms with van der Waals surface area (Å²) < 4.78 is 0. The number of nitrogens with zero attached hydrogens (tertiary/aromatic N) is 1. The second-order valence-electron chi connectivity index (χ2n) is 5.13. The fraction of sp³-hybridized carbons (Fsp3) is 0.176. The standard InChI is InChI=1S/C17H14ClNO2/c1-11-6-7-12(14(18)10-11)17(21)19-9-8-16(20)13-4-2-3-5-15(13)19/h2-7,10H,8-9H2,1H3. The van der Waals surface area contributed by atoms with Crippen molar-refractivity contribution in [2.24, 2.45) is 0 Å². The maximum Gasteiger partial charge on any atom is 0.259 e. The van der Waals surface area contributed by atoms with Crippen molar-refractivity contribution in [3.8, 4) is 0 Å². The smallest absolute Gasteiger partial charge is 0.259 e. The molecule has 0 aliphatic carbocycles. The lowest BCUT2D eigenvalue weighted by Crippen LogP contribution is -2.37. The Morgan fingerprint density at radius 1 is 1.19 bits per heavy atom. The minimum absolute atomic E-state index is 0.0738. The van der Waals surface area contributed by atoms with Crippen LogP contribution >= 0.6 is 11.6 Å². The van der Waals surface area contributed by atoms with Gasteiger partial charge in [-0.25, -0.2) is 0 Å². The SMILES string of the molecule is Cc1ccc(C(=O)N2CCC(=O)c3ccccc32)c(Cl)c1. The minimum Gasteiger partial charge on any atom is -0.307 e. The molecule has 1 heterocycles. The molecule has 0 radical (unpaired) electrons. The van der Waals surface area contributed by atoms with E-state index in [1.165, 1.54) is 0 Å². The van der Waals surface area contributed by atoms with Gasteiger partial charge < -0.3 is 4.90 Å². The zero-order valence-corrected chi connectivity index (χ0v) is 12.4. The molecule has 0 aromatic heterocycles. The van der Waals surface area contributed by atoms with E-state index in [0.29, 0.717) is 34.8 Å². The number of hydrogen-bond acceptors (Lipinski definition) is 2. The molecule has 0 atom stereocenters. The van der Waals surface area contributed by atoms with Crippen molar-refractivity contribution in [1.29, 1.82) is 0 Å². The lowest BCUT2D eigenvalue weighted by molar-refractivity contribution is 0.0955. The molecular formula is C17H14ClNO2. The predicted octanol–water partition coefficient (Wildman–Crippen LogP) is 3.88. The highest BCUT2D eigenvalue weighted by Crippen LogP contribution is 2.29. The summed E-state index contributed by atoms with van der Waals surface area (Å²) in [7, 11) is 0. The van der Waals surface area contributed by atoms with Gasteiger partial charge in [-0.15, -0.1) is 0 Å². The second kappa shape index (κ2) is 5.34. The summed E-state index contributed by atoms with van der Waals surface area (Å²) in [6, 6.07) is 12.6. The van der Waals surface area contributed by atoms with Crippen molar-refractivity contribution in [1.82, 2.24) is 0 Å². The summed E-state index contributed by atoms with van der Waals surface area (Å²) in [6.45, 7) is 2.31. The Balaban J connectivity index is 2.03. The third-order valence-corrected chi connectivity index (χ3v) is 3.97. The van der Waals surface area contributed by atoms with E-state index in [1.807, 2.05) is 25.1 Å². The maximum atomic E-state index is 12.7. The number of ketones is 1. The molecule has 1 aliphatic rings. The lowest BCUT2D eigenvalue weighted by atomic mass is 9.99. The average Bonchev–Trinajstić information content (AvgIpc) is 2.47. The minimum atomic E-state index is -0.167. The number of aryl methyl sites for hydroxylation is 1. The van der Waals surface area contributed by atoms with Crippen molar-refractivity contribution in [3.05, 3.63) is 64.2 Å². The fourth-order valence-corrected chi connectivity index (χ4v) is 2.88. The average molecular weight is 300 g/mol. The Bertz CT molecular complexity index is 739. The van der Waals surface area contributed by atoms with Gasteiger partial charge in [-0.3, -0.25) is 9.59 Å². The summed E-state index contributed by atoms with van der Waals surface area (Å²) in [5.41, 5.74) is 2.73. The topological polar surface area (TPSA) is 37.4 Å². The first kappa shape index (κ1) is 13.8. The first-order valence-corrected chi connectivity index (χ1v) is 7.16. The van der Waals surface area contributed by atoms with E-state index in [4.69, 9.17) is 11.6 Å². The summed E-state index contributed by atoms with van der Waals surface area (Å²) in [6.07, 6.45) is 0.340. The number of carbonyl (C=O) groups is 2. The zero-order valence-electron chi connectivity index (χ0n) is 11.6. The summed E-state index contributed by atoms with van der Waals surface area (Å²) in [5, 5.41) is 0.439. The van der Waals surface area contributed by atoms with Crippen LogP contribution in [0.4, 0.5) is 5.69 Å². The molecule has 1 aliphatic heterocycles. The van der Waals surface area contributed by atoms with E-state index in [2.05, 4.69) is 0 Å². The summed E-state index contributed by atoms with van der Waals surface area (Å²) in [5.74, 6) is -0.0930. The maximum absolute atomic E-state index is 12.7. The van der Waals surface area contributed by atoms with E-state index in [0.717, 1.165) is 5.56 Å². The molecule has 106 valence electrons. The molecule has 0 saturated carbocycles. The number of benzene rings is 2. The number of rotatable bonds is 1. The van der Waals surface area contributed by atoms with E-state index in [1.54, 1.807) is 29.2 Å². The number of anilines is 1. The first-order valence-electron chi connectivity index (χ1n) is 6.78. The Morgan fingerprint density at radius 3 is 2.71 bits per heavy atom. The third-order valence-electron chi connectivity index (χ3n) is 3.66. The van der Waals surface area contributed by atoms with Crippen molar-refractivity contribution in [2.45, 2.75) is 13.3 Å². The molecule has 0 fully saturated rings. The van der Waals surface area contributed by atoms with Crippen LogP contribution in [0.5, 0.6) is 0 Å². The van der Waals surface area contributed by atoms with Crippen molar-refractivity contribution >= 4 is 29.0 Å². The van der Waals surface area contributed by atoms with Crippen molar-refractivity contribution in [3.63, 3.8) is 0 Å². The number of para-hydroxylation sites is 1. The molecule has 0 spiro atoms. The highest BCUT2D eigenvalue weighted by molar-refractivity contribution is 6.34. The first-order chi connectivity index (χ1) is 10.1. The molecular weight excluding hydrogens is 286 g/mol. The molecule has 0 saturated heterocycles. The van der Waals surface area contributed by atoms with E-state index in [-0.39, 0.29) is 11.7 Å². The van der Waals surface area contributed by atoms with Gasteiger partial charge in [0.15, 0.2) is 5.78 Å². The summed E-state index contributed by atoms with van der Waals surface area (Å²) >= 11 is 6.18. The highest BCUT2D eigenvalue weighted by Gasteiger charge is 2.28. The Labute approximate surface area is 128 Å². The van der Waals surface area contributed by atoms with Crippen LogP contribution in [0.1, 0.15) is 32.7 Å². The number of carbonyl (C=O) groups excluding carboxylic acids is 2. The molecule has 3 rings (SSSR count). The van der Waals surface area contributed by atoms with Crippen LogP contribution in [0.15, 0.2) is 42.5 Å². The quantitative estimate of drug-likeness (QED) is 0.801. The van der Waals surface area contributed by atoms with Crippen molar-refractivity contribution in [2.75, 3.05) is 11.4 Å². The van der Waals surface area contributed by atoms with Gasteiger partial charge in [-0.1, -0.05) is 29.8 Å². The molecule has 2 aromatic carbocycles. The van der Waals surface area contributed by atoms with E-state index >= 15 is 0 Å². The molecule has 4 heteroatoms. The molecule has 3 nitrogen and oxygen atoms in total. The van der Waals surface area contributed by atoms with Gasteiger partial charge in [-0.05, 0) is 36.8 Å². The number of amides is 1. The molecule has 2 aromatic rings. The Kier molecular flexibility index (Phi) is 3.52. The van der Waals surface area contributed by atoms with Gasteiger partial charge in [-0.2, -0.15) is 0 Å². The van der Waals surface area contributed by atoms with Crippen LogP contribution in [0.3, 0.4) is 0 Å². The number of halogens is 1. The normalized spacial score (nSPS) is 14.0. The lowest BCUT2D eigenvalue weighted by Gasteiger charge is -2.29. The van der Waals surface area contributed by atoms with Gasteiger partial charge in [0.25, 0.3) is 5.91 Å². The van der Waals surface area contributed by atoms with E-state index < -0.39 is 0 Å². The molecule has 1 amide bonds. The van der Waals surface area contributed by atoms with Crippen LogP contribution in [-0.4, -0.2) is 18.2 Å². The Hall–Kier alpha value is -2.13. The Morgan fingerprint density at radius 2 is 1.95 bits per heavy atom. The van der Waals surface area contributed by atoms with Crippen LogP contribution in [0.25, 0.3) is 0 Å². The molecule has 0 bridgehead atoms. The monoisotopic (exact) mass is 299 g/mol.